The van der Waals surface area contributed by atoms with Crippen molar-refractivity contribution in [2.24, 2.45) is 5.41 Å². The third kappa shape index (κ3) is 3.06. The lowest BCUT2D eigenvalue weighted by atomic mass is 9.70. The van der Waals surface area contributed by atoms with Crippen molar-refractivity contribution in [2.45, 2.75) is 64.2 Å². The molecular weight excluding hydrogens is 408 g/mol. The van der Waals surface area contributed by atoms with Crippen LogP contribution in [0.3, 0.4) is 0 Å². The fraction of sp³-hybridized carbons (Fsp3) is 0.522. The Bertz CT molecular complexity index is 1130. The number of ether oxygens (including phenoxy) is 1. The normalized spacial score (nSPS) is 28.8. The molecule has 9 nitrogen and oxygen atoms in total. The van der Waals surface area contributed by atoms with Crippen LogP contribution in [0.25, 0.3) is 11.4 Å². The molecule has 0 bridgehead atoms. The molecule has 4 aliphatic rings. The summed E-state index contributed by atoms with van der Waals surface area (Å²) in [4.78, 5) is 26.6. The molecule has 1 amide bonds. The Balaban J connectivity index is 1.07. The van der Waals surface area contributed by atoms with Gasteiger partial charge in [0.1, 0.15) is 6.61 Å². The molecule has 1 spiro atoms. The minimum Gasteiger partial charge on any atom is -0.456 e. The molecule has 166 valence electrons. The first-order chi connectivity index (χ1) is 15.5. The number of likely N-dealkylation sites (tertiary alicyclic amines) is 1. The van der Waals surface area contributed by atoms with Gasteiger partial charge in [-0.15, -0.1) is 5.10 Å². The number of carbonyl (C=O) groups is 2. The van der Waals surface area contributed by atoms with Crippen molar-refractivity contribution in [3.8, 4) is 11.4 Å². The molecule has 1 atom stereocenters. The predicted molar refractivity (Wildman–Crippen MR) is 114 cm³/mol. The molecule has 2 aromatic rings. The summed E-state index contributed by atoms with van der Waals surface area (Å²) in [6.07, 6.45) is 6.06. The smallest absolute Gasteiger partial charge is 0.333 e. The molecule has 0 unspecified atom stereocenters. The Kier molecular flexibility index (Phi) is 4.43. The number of tetrazole rings is 1. The number of amides is 1. The first-order valence-electron chi connectivity index (χ1n) is 11.4. The molecule has 0 radical (unpaired) electrons. The van der Waals surface area contributed by atoms with E-state index in [1.54, 1.807) is 0 Å². The molecule has 1 aromatic heterocycles. The van der Waals surface area contributed by atoms with Gasteiger partial charge in [0.05, 0.1) is 17.7 Å². The van der Waals surface area contributed by atoms with E-state index in [4.69, 9.17) is 4.74 Å². The number of hydrogen-bond donors (Lipinski definition) is 1. The van der Waals surface area contributed by atoms with Crippen LogP contribution in [-0.2, 0) is 27.4 Å². The topological polar surface area (TPSA) is 102 Å². The van der Waals surface area contributed by atoms with Gasteiger partial charge >= 0.3 is 5.97 Å². The van der Waals surface area contributed by atoms with Gasteiger partial charge in [0.15, 0.2) is 5.82 Å². The Morgan fingerprint density at radius 3 is 2.88 bits per heavy atom. The van der Waals surface area contributed by atoms with E-state index in [-0.39, 0.29) is 29.9 Å². The quantitative estimate of drug-likeness (QED) is 0.625. The number of benzene rings is 1. The number of fused-ring (bicyclic) bond motifs is 3. The highest BCUT2D eigenvalue weighted by molar-refractivity contribution is 5.91. The second-order valence-corrected chi connectivity index (χ2v) is 9.56. The molecule has 2 fully saturated rings. The molecular formula is C23H26N6O3. The van der Waals surface area contributed by atoms with Crippen LogP contribution >= 0.6 is 0 Å². The third-order valence-corrected chi connectivity index (χ3v) is 7.56. The first-order valence-corrected chi connectivity index (χ1v) is 11.4. The largest absolute Gasteiger partial charge is 0.456 e. The van der Waals surface area contributed by atoms with Gasteiger partial charge in [0, 0.05) is 30.3 Å². The zero-order chi connectivity index (χ0) is 21.9. The molecule has 6 rings (SSSR count). The SMILES string of the molecule is C[C@H]1C[C@]2(CC[C@@H](NCc3ccc4c(c3)Cn3nnnc3-4)CC2)C(=O)N1C1=CC(=O)OC1. The van der Waals surface area contributed by atoms with E-state index in [1.807, 2.05) is 9.58 Å². The number of cyclic esters (lactones) is 1. The molecule has 1 aromatic carbocycles. The number of aromatic nitrogens is 4. The van der Waals surface area contributed by atoms with E-state index < -0.39 is 0 Å². The number of carbonyl (C=O) groups excluding carboxylic acids is 2. The zero-order valence-electron chi connectivity index (χ0n) is 18.1. The summed E-state index contributed by atoms with van der Waals surface area (Å²) < 4.78 is 6.86. The van der Waals surface area contributed by atoms with Crippen molar-refractivity contribution in [3.63, 3.8) is 0 Å². The maximum Gasteiger partial charge on any atom is 0.333 e. The summed E-state index contributed by atoms with van der Waals surface area (Å²) >= 11 is 0. The third-order valence-electron chi connectivity index (χ3n) is 7.56. The van der Waals surface area contributed by atoms with Crippen LogP contribution in [0.2, 0.25) is 0 Å². The van der Waals surface area contributed by atoms with Crippen LogP contribution in [0.5, 0.6) is 0 Å². The summed E-state index contributed by atoms with van der Waals surface area (Å²) in [6, 6.07) is 6.99. The molecule has 1 aliphatic carbocycles. The number of rotatable bonds is 4. The molecule has 9 heteroatoms. The summed E-state index contributed by atoms with van der Waals surface area (Å²) in [5.41, 5.74) is 4.02. The van der Waals surface area contributed by atoms with Crippen molar-refractivity contribution >= 4 is 11.9 Å². The fourth-order valence-electron chi connectivity index (χ4n) is 5.94. The van der Waals surface area contributed by atoms with Crippen molar-refractivity contribution in [1.82, 2.24) is 30.4 Å². The van der Waals surface area contributed by atoms with Crippen LogP contribution in [0.4, 0.5) is 0 Å². The number of nitrogens with one attached hydrogen (secondary N) is 1. The summed E-state index contributed by atoms with van der Waals surface area (Å²) in [6.45, 7) is 3.82. The van der Waals surface area contributed by atoms with E-state index >= 15 is 0 Å². The minimum atomic E-state index is -0.349. The maximum atomic E-state index is 13.3. The van der Waals surface area contributed by atoms with Crippen molar-refractivity contribution < 1.29 is 14.3 Å². The lowest BCUT2D eigenvalue weighted by molar-refractivity contribution is -0.138. The van der Waals surface area contributed by atoms with Crippen molar-refractivity contribution in [1.29, 1.82) is 0 Å². The highest BCUT2D eigenvalue weighted by atomic mass is 16.5. The molecule has 1 saturated heterocycles. The van der Waals surface area contributed by atoms with Crippen LogP contribution in [0, 0.1) is 5.41 Å². The first kappa shape index (κ1) is 19.6. The van der Waals surface area contributed by atoms with Crippen molar-refractivity contribution in [3.05, 3.63) is 41.1 Å². The summed E-state index contributed by atoms with van der Waals surface area (Å²) in [5.74, 6) is 0.663. The molecule has 1 saturated carbocycles. The predicted octanol–water partition coefficient (Wildman–Crippen LogP) is 1.78. The van der Waals surface area contributed by atoms with Crippen LogP contribution in [0.15, 0.2) is 30.0 Å². The van der Waals surface area contributed by atoms with Gasteiger partial charge in [-0.1, -0.05) is 18.2 Å². The Labute approximate surface area is 185 Å². The average molecular weight is 435 g/mol. The van der Waals surface area contributed by atoms with Gasteiger partial charge in [0.25, 0.3) is 0 Å². The standard InChI is InChI=1S/C23H26N6O3/c1-14-10-23(22(31)29(14)18-9-20(30)32-13-18)6-4-17(5-7-23)24-11-15-2-3-19-16(8-15)12-28-21(19)25-26-27-28/h2-3,8-9,14,17,24H,4-7,10-13H2,1H3/t14-,17-,23-/m0/s1. The number of esters is 1. The van der Waals surface area contributed by atoms with E-state index in [1.165, 1.54) is 17.2 Å². The maximum absolute atomic E-state index is 13.3. The summed E-state index contributed by atoms with van der Waals surface area (Å²) in [7, 11) is 0. The second kappa shape index (κ2) is 7.23. The highest BCUT2D eigenvalue weighted by Crippen LogP contribution is 2.48. The summed E-state index contributed by atoms with van der Waals surface area (Å²) in [5, 5.41) is 15.5. The van der Waals surface area contributed by atoms with Gasteiger partial charge in [-0.3, -0.25) is 4.79 Å². The highest BCUT2D eigenvalue weighted by Gasteiger charge is 2.52. The van der Waals surface area contributed by atoms with Gasteiger partial charge in [-0.25, -0.2) is 9.48 Å². The van der Waals surface area contributed by atoms with E-state index in [2.05, 4.69) is 46.0 Å². The fourth-order valence-corrected chi connectivity index (χ4v) is 5.94. The molecule has 4 heterocycles. The minimum absolute atomic E-state index is 0.110. The molecule has 32 heavy (non-hydrogen) atoms. The van der Waals surface area contributed by atoms with Gasteiger partial charge in [-0.2, -0.15) is 0 Å². The number of hydrogen-bond acceptors (Lipinski definition) is 7. The van der Waals surface area contributed by atoms with E-state index in [0.29, 0.717) is 11.7 Å². The van der Waals surface area contributed by atoms with Gasteiger partial charge in [-0.05, 0) is 60.6 Å². The van der Waals surface area contributed by atoms with Gasteiger partial charge < -0.3 is 15.0 Å². The van der Waals surface area contributed by atoms with Crippen LogP contribution in [-0.4, -0.2) is 55.7 Å². The monoisotopic (exact) mass is 434 g/mol. The molecule has 3 aliphatic heterocycles. The van der Waals surface area contributed by atoms with E-state index in [0.717, 1.165) is 56.6 Å². The lowest BCUT2D eigenvalue weighted by Crippen LogP contribution is -2.42. The number of nitrogens with zero attached hydrogens (tertiary/aromatic N) is 5. The average Bonchev–Trinajstić information content (AvgIpc) is 3.52. The lowest BCUT2D eigenvalue weighted by Gasteiger charge is -2.36. The second-order valence-electron chi connectivity index (χ2n) is 9.56. The van der Waals surface area contributed by atoms with Crippen LogP contribution in [0.1, 0.15) is 50.2 Å². The zero-order valence-corrected chi connectivity index (χ0v) is 18.1. The van der Waals surface area contributed by atoms with Gasteiger partial charge in [0.2, 0.25) is 5.91 Å². The Morgan fingerprint density at radius 2 is 2.09 bits per heavy atom. The Hall–Kier alpha value is -3.07. The van der Waals surface area contributed by atoms with Crippen LogP contribution < -0.4 is 5.32 Å². The van der Waals surface area contributed by atoms with Crippen molar-refractivity contribution in [2.75, 3.05) is 6.61 Å². The molecule has 1 N–H and O–H groups in total. The van der Waals surface area contributed by atoms with E-state index in [9.17, 15) is 9.59 Å². The Morgan fingerprint density at radius 1 is 1.25 bits per heavy atom.